The van der Waals surface area contributed by atoms with E-state index in [1.807, 2.05) is 24.3 Å². The first-order valence-electron chi connectivity index (χ1n) is 6.11. The lowest BCUT2D eigenvalue weighted by Crippen LogP contribution is -2.41. The quantitative estimate of drug-likeness (QED) is 0.632. The van der Waals surface area contributed by atoms with Gasteiger partial charge in [-0.15, -0.1) is 0 Å². The van der Waals surface area contributed by atoms with E-state index in [9.17, 15) is 9.59 Å². The molecule has 0 radical (unpaired) electrons. The van der Waals surface area contributed by atoms with Crippen LogP contribution in [0, 0.1) is 5.92 Å². The molecule has 5 nitrogen and oxygen atoms in total. The summed E-state index contributed by atoms with van der Waals surface area (Å²) in [7, 11) is 1.57. The number of methoxy groups -OCH3 is 1. The molecule has 100 valence electrons. The third-order valence-corrected chi connectivity index (χ3v) is 2.81. The molecule has 0 aliphatic heterocycles. The number of hydrazine groups is 1. The van der Waals surface area contributed by atoms with E-state index >= 15 is 0 Å². The van der Waals surface area contributed by atoms with Gasteiger partial charge in [-0.25, -0.2) is 0 Å². The fourth-order valence-electron chi connectivity index (χ4n) is 1.58. The van der Waals surface area contributed by atoms with Gasteiger partial charge in [-0.2, -0.15) is 0 Å². The first kappa shape index (κ1) is 13.1. The van der Waals surface area contributed by atoms with Crippen LogP contribution in [0.3, 0.4) is 0 Å². The van der Waals surface area contributed by atoms with E-state index in [-0.39, 0.29) is 17.7 Å². The Bertz CT molecular complexity index is 507. The van der Waals surface area contributed by atoms with Gasteiger partial charge in [0, 0.05) is 17.6 Å². The number of carbonyl (C=O) groups is 2. The van der Waals surface area contributed by atoms with Crippen LogP contribution in [0.1, 0.15) is 18.4 Å². The molecule has 0 aromatic heterocycles. The average Bonchev–Trinajstić information content (AvgIpc) is 3.27. The summed E-state index contributed by atoms with van der Waals surface area (Å²) in [6, 6.07) is 7.36. The lowest BCUT2D eigenvalue weighted by molar-refractivity contribution is -0.127. The molecule has 0 spiro atoms. The number of ether oxygens (including phenoxy) is 1. The van der Waals surface area contributed by atoms with E-state index in [0.717, 1.165) is 18.4 Å². The van der Waals surface area contributed by atoms with Crippen molar-refractivity contribution < 1.29 is 14.3 Å². The molecule has 0 saturated heterocycles. The number of amides is 2. The molecule has 1 aromatic rings. The van der Waals surface area contributed by atoms with Gasteiger partial charge in [0.25, 0.3) is 5.91 Å². The second-order valence-corrected chi connectivity index (χ2v) is 4.33. The highest BCUT2D eigenvalue weighted by Crippen LogP contribution is 2.28. The molecule has 0 bridgehead atoms. The largest absolute Gasteiger partial charge is 0.496 e. The highest BCUT2D eigenvalue weighted by molar-refractivity contribution is 5.93. The topological polar surface area (TPSA) is 67.4 Å². The lowest BCUT2D eigenvalue weighted by Gasteiger charge is -2.05. The first-order valence-corrected chi connectivity index (χ1v) is 6.11. The summed E-state index contributed by atoms with van der Waals surface area (Å²) in [4.78, 5) is 22.8. The van der Waals surface area contributed by atoms with Gasteiger partial charge in [0.1, 0.15) is 5.75 Å². The van der Waals surface area contributed by atoms with E-state index in [4.69, 9.17) is 4.74 Å². The fraction of sp³-hybridized carbons (Fsp3) is 0.286. The van der Waals surface area contributed by atoms with Crippen LogP contribution in [0.2, 0.25) is 0 Å². The maximum absolute atomic E-state index is 11.5. The van der Waals surface area contributed by atoms with Crippen molar-refractivity contribution in [1.82, 2.24) is 10.9 Å². The molecule has 0 heterocycles. The van der Waals surface area contributed by atoms with Crippen molar-refractivity contribution in [2.24, 2.45) is 5.92 Å². The van der Waals surface area contributed by atoms with Crippen molar-refractivity contribution in [3.05, 3.63) is 35.9 Å². The molecule has 19 heavy (non-hydrogen) atoms. The number of hydrogen-bond acceptors (Lipinski definition) is 3. The second-order valence-electron chi connectivity index (χ2n) is 4.33. The number of benzene rings is 1. The summed E-state index contributed by atoms with van der Waals surface area (Å²) >= 11 is 0. The van der Waals surface area contributed by atoms with Crippen LogP contribution >= 0.6 is 0 Å². The third kappa shape index (κ3) is 3.84. The molecule has 2 amide bonds. The Morgan fingerprint density at radius 3 is 2.68 bits per heavy atom. The molecule has 5 heteroatoms. The predicted molar refractivity (Wildman–Crippen MR) is 71.0 cm³/mol. The molecule has 1 aliphatic carbocycles. The van der Waals surface area contributed by atoms with E-state index < -0.39 is 0 Å². The Morgan fingerprint density at radius 1 is 1.26 bits per heavy atom. The van der Waals surface area contributed by atoms with E-state index in [0.29, 0.717) is 5.75 Å². The molecule has 2 rings (SSSR count). The maximum Gasteiger partial charge on any atom is 0.262 e. The number of nitrogens with one attached hydrogen (secondary N) is 2. The van der Waals surface area contributed by atoms with Crippen LogP contribution < -0.4 is 15.6 Å². The van der Waals surface area contributed by atoms with Crippen molar-refractivity contribution >= 4 is 17.9 Å². The minimum atomic E-state index is -0.375. The molecule has 1 saturated carbocycles. The third-order valence-electron chi connectivity index (χ3n) is 2.81. The van der Waals surface area contributed by atoms with E-state index in [2.05, 4.69) is 10.9 Å². The van der Waals surface area contributed by atoms with Crippen molar-refractivity contribution in [2.45, 2.75) is 12.8 Å². The lowest BCUT2D eigenvalue weighted by atomic mass is 10.2. The van der Waals surface area contributed by atoms with Gasteiger partial charge < -0.3 is 4.74 Å². The van der Waals surface area contributed by atoms with Gasteiger partial charge >= 0.3 is 0 Å². The Labute approximate surface area is 111 Å². The summed E-state index contributed by atoms with van der Waals surface area (Å²) in [5.74, 6) is 0.256. The summed E-state index contributed by atoms with van der Waals surface area (Å²) in [5.41, 5.74) is 5.53. The highest BCUT2D eigenvalue weighted by Gasteiger charge is 2.29. The van der Waals surface area contributed by atoms with Crippen LogP contribution in [-0.4, -0.2) is 18.9 Å². The van der Waals surface area contributed by atoms with E-state index in [1.54, 1.807) is 13.2 Å². The maximum atomic E-state index is 11.5. The zero-order chi connectivity index (χ0) is 13.7. The molecule has 1 aromatic carbocycles. The average molecular weight is 260 g/mol. The van der Waals surface area contributed by atoms with Gasteiger partial charge in [0.2, 0.25) is 5.91 Å². The minimum absolute atomic E-state index is 0.0681. The van der Waals surface area contributed by atoms with Gasteiger partial charge in [0.05, 0.1) is 7.11 Å². The molecule has 2 N–H and O–H groups in total. The Morgan fingerprint density at radius 2 is 2.00 bits per heavy atom. The molecule has 0 unspecified atom stereocenters. The molecular formula is C14H16N2O3. The number of para-hydroxylation sites is 1. The van der Waals surface area contributed by atoms with Gasteiger partial charge in [-0.1, -0.05) is 18.2 Å². The number of rotatable bonds is 4. The summed E-state index contributed by atoms with van der Waals surface area (Å²) < 4.78 is 5.16. The molecule has 1 fully saturated rings. The van der Waals surface area contributed by atoms with Crippen LogP contribution in [0.15, 0.2) is 30.3 Å². The van der Waals surface area contributed by atoms with Crippen molar-refractivity contribution in [3.8, 4) is 5.75 Å². The van der Waals surface area contributed by atoms with Gasteiger partial charge in [-0.05, 0) is 25.0 Å². The van der Waals surface area contributed by atoms with Crippen LogP contribution in [0.25, 0.3) is 6.08 Å². The zero-order valence-electron chi connectivity index (χ0n) is 10.7. The zero-order valence-corrected chi connectivity index (χ0v) is 10.7. The summed E-state index contributed by atoms with van der Waals surface area (Å²) in [6.07, 6.45) is 4.79. The van der Waals surface area contributed by atoms with Crippen LogP contribution in [0.4, 0.5) is 0 Å². The van der Waals surface area contributed by atoms with Crippen LogP contribution in [-0.2, 0) is 9.59 Å². The van der Waals surface area contributed by atoms with Crippen molar-refractivity contribution in [3.63, 3.8) is 0 Å². The Balaban J connectivity index is 1.86. The first-order chi connectivity index (χ1) is 9.20. The number of carbonyl (C=O) groups excluding carboxylic acids is 2. The van der Waals surface area contributed by atoms with Crippen molar-refractivity contribution in [2.75, 3.05) is 7.11 Å². The van der Waals surface area contributed by atoms with Crippen LogP contribution in [0.5, 0.6) is 5.75 Å². The predicted octanol–water partition coefficient (Wildman–Crippen LogP) is 1.27. The Hall–Kier alpha value is -2.30. The molecular weight excluding hydrogens is 244 g/mol. The van der Waals surface area contributed by atoms with Gasteiger partial charge in [0.15, 0.2) is 0 Å². The highest BCUT2D eigenvalue weighted by atomic mass is 16.5. The molecule has 1 aliphatic rings. The fourth-order valence-corrected chi connectivity index (χ4v) is 1.58. The minimum Gasteiger partial charge on any atom is -0.496 e. The smallest absolute Gasteiger partial charge is 0.262 e. The summed E-state index contributed by atoms with van der Waals surface area (Å²) in [6.45, 7) is 0. The number of hydrogen-bond donors (Lipinski definition) is 2. The van der Waals surface area contributed by atoms with Crippen molar-refractivity contribution in [1.29, 1.82) is 0 Å². The molecule has 0 atom stereocenters. The SMILES string of the molecule is COc1ccccc1/C=C/C(=O)NNC(=O)C1CC1. The van der Waals surface area contributed by atoms with Gasteiger partial charge in [-0.3, -0.25) is 20.4 Å². The normalized spacial score (nSPS) is 14.2. The standard InChI is InChI=1S/C14H16N2O3/c1-19-12-5-3-2-4-10(12)8-9-13(17)15-16-14(18)11-6-7-11/h2-5,8-9,11H,6-7H2,1H3,(H,15,17)(H,16,18)/b9-8+. The Kier molecular flexibility index (Phi) is 4.18. The summed E-state index contributed by atoms with van der Waals surface area (Å²) in [5, 5.41) is 0. The second kappa shape index (κ2) is 6.04. The van der Waals surface area contributed by atoms with E-state index in [1.165, 1.54) is 6.08 Å². The monoisotopic (exact) mass is 260 g/mol.